The second-order valence-electron chi connectivity index (χ2n) is 6.38. The van der Waals surface area contributed by atoms with E-state index in [9.17, 15) is 9.59 Å². The van der Waals surface area contributed by atoms with Gasteiger partial charge >= 0.3 is 12.1 Å². The molecule has 0 aromatic carbocycles. The summed E-state index contributed by atoms with van der Waals surface area (Å²) in [4.78, 5) is 30.1. The minimum absolute atomic E-state index is 0.179. The summed E-state index contributed by atoms with van der Waals surface area (Å²) in [7, 11) is 1.36. The van der Waals surface area contributed by atoms with Crippen molar-refractivity contribution < 1.29 is 19.1 Å². The molecule has 0 N–H and O–H groups in total. The third kappa shape index (κ3) is 3.75. The van der Waals surface area contributed by atoms with Gasteiger partial charge in [-0.1, -0.05) is 6.07 Å². The molecule has 1 aliphatic heterocycles. The van der Waals surface area contributed by atoms with Gasteiger partial charge in [-0.15, -0.1) is 0 Å². The van der Waals surface area contributed by atoms with Crippen LogP contribution in [0.1, 0.15) is 32.4 Å². The molecule has 0 spiro atoms. The lowest BCUT2D eigenvalue weighted by molar-refractivity contribution is -0.145. The minimum Gasteiger partial charge on any atom is -0.469 e. The van der Waals surface area contributed by atoms with E-state index in [-0.39, 0.29) is 18.4 Å². The van der Waals surface area contributed by atoms with Gasteiger partial charge in [0.15, 0.2) is 0 Å². The van der Waals surface area contributed by atoms with E-state index < -0.39 is 17.6 Å². The Morgan fingerprint density at radius 3 is 2.55 bits per heavy atom. The highest BCUT2D eigenvalue weighted by Crippen LogP contribution is 2.33. The van der Waals surface area contributed by atoms with Crippen LogP contribution in [0.15, 0.2) is 24.4 Å². The SMILES string of the molecule is COC(=O)[C@H]1CN(C(=O)OC(C)(C)C)C[C@@H]1c1ccccn1. The predicted octanol–water partition coefficient (Wildman–Crippen LogP) is 2.21. The first-order valence-corrected chi connectivity index (χ1v) is 7.28. The maximum Gasteiger partial charge on any atom is 0.410 e. The highest BCUT2D eigenvalue weighted by atomic mass is 16.6. The molecule has 6 nitrogen and oxygen atoms in total. The van der Waals surface area contributed by atoms with Crippen molar-refractivity contribution in [2.24, 2.45) is 5.92 Å². The Hall–Kier alpha value is -2.11. The zero-order chi connectivity index (χ0) is 16.3. The van der Waals surface area contributed by atoms with E-state index in [0.29, 0.717) is 6.54 Å². The summed E-state index contributed by atoms with van der Waals surface area (Å²) >= 11 is 0. The normalized spacial score (nSPS) is 21.5. The van der Waals surface area contributed by atoms with Crippen molar-refractivity contribution in [3.63, 3.8) is 0 Å². The fourth-order valence-electron chi connectivity index (χ4n) is 2.56. The zero-order valence-electron chi connectivity index (χ0n) is 13.4. The van der Waals surface area contributed by atoms with Gasteiger partial charge in [-0.2, -0.15) is 0 Å². The number of methoxy groups -OCH3 is 1. The van der Waals surface area contributed by atoms with Gasteiger partial charge in [0.1, 0.15) is 5.60 Å². The maximum absolute atomic E-state index is 12.2. The zero-order valence-corrected chi connectivity index (χ0v) is 13.4. The molecule has 120 valence electrons. The van der Waals surface area contributed by atoms with Crippen LogP contribution in [0.3, 0.4) is 0 Å². The van der Waals surface area contributed by atoms with Crippen molar-refractivity contribution in [2.45, 2.75) is 32.3 Å². The molecular weight excluding hydrogens is 284 g/mol. The maximum atomic E-state index is 12.2. The molecule has 2 rings (SSSR count). The van der Waals surface area contributed by atoms with E-state index >= 15 is 0 Å². The molecule has 1 saturated heterocycles. The van der Waals surface area contributed by atoms with Crippen molar-refractivity contribution in [1.82, 2.24) is 9.88 Å². The van der Waals surface area contributed by atoms with Crippen LogP contribution in [-0.4, -0.2) is 47.7 Å². The summed E-state index contributed by atoms with van der Waals surface area (Å²) in [5.74, 6) is -0.935. The van der Waals surface area contributed by atoms with Crippen LogP contribution in [0.25, 0.3) is 0 Å². The molecule has 0 unspecified atom stereocenters. The molecule has 1 fully saturated rings. The highest BCUT2D eigenvalue weighted by Gasteiger charge is 2.42. The number of nitrogens with zero attached hydrogens (tertiary/aromatic N) is 2. The molecule has 0 radical (unpaired) electrons. The third-order valence-corrected chi connectivity index (χ3v) is 3.54. The minimum atomic E-state index is -0.569. The largest absolute Gasteiger partial charge is 0.469 e. The molecule has 2 heterocycles. The van der Waals surface area contributed by atoms with Crippen molar-refractivity contribution >= 4 is 12.1 Å². The van der Waals surface area contributed by atoms with Gasteiger partial charge in [-0.3, -0.25) is 9.78 Å². The number of aromatic nitrogens is 1. The number of hydrogen-bond donors (Lipinski definition) is 0. The first kappa shape index (κ1) is 16.3. The Bertz CT molecular complexity index is 539. The lowest BCUT2D eigenvalue weighted by atomic mass is 9.92. The lowest BCUT2D eigenvalue weighted by Gasteiger charge is -2.24. The molecule has 6 heteroatoms. The van der Waals surface area contributed by atoms with Gasteiger partial charge < -0.3 is 14.4 Å². The molecule has 1 amide bonds. The van der Waals surface area contributed by atoms with Gasteiger partial charge in [0.2, 0.25) is 0 Å². The van der Waals surface area contributed by atoms with Gasteiger partial charge in [-0.25, -0.2) is 4.79 Å². The number of pyridine rings is 1. The number of likely N-dealkylation sites (tertiary alicyclic amines) is 1. The summed E-state index contributed by atoms with van der Waals surface area (Å²) in [5, 5.41) is 0. The average molecular weight is 306 g/mol. The summed E-state index contributed by atoms with van der Waals surface area (Å²) in [6.45, 7) is 6.12. The van der Waals surface area contributed by atoms with E-state index in [4.69, 9.17) is 9.47 Å². The monoisotopic (exact) mass is 306 g/mol. The number of carbonyl (C=O) groups is 2. The Labute approximate surface area is 130 Å². The van der Waals surface area contributed by atoms with E-state index in [1.54, 1.807) is 11.1 Å². The van der Waals surface area contributed by atoms with E-state index in [0.717, 1.165) is 5.69 Å². The Morgan fingerprint density at radius 1 is 1.27 bits per heavy atom. The van der Waals surface area contributed by atoms with Crippen LogP contribution in [0, 0.1) is 5.92 Å². The van der Waals surface area contributed by atoms with E-state index in [1.807, 2.05) is 39.0 Å². The van der Waals surface area contributed by atoms with Crippen LogP contribution < -0.4 is 0 Å². The molecule has 0 aliphatic carbocycles. The number of esters is 1. The van der Waals surface area contributed by atoms with Gasteiger partial charge in [0, 0.05) is 30.9 Å². The Kier molecular flexibility index (Phi) is 4.68. The number of rotatable bonds is 2. The molecule has 0 bridgehead atoms. The first-order valence-electron chi connectivity index (χ1n) is 7.28. The molecule has 2 atom stereocenters. The molecular formula is C16H22N2O4. The predicted molar refractivity (Wildman–Crippen MR) is 80.3 cm³/mol. The average Bonchev–Trinajstić information content (AvgIpc) is 2.91. The topological polar surface area (TPSA) is 68.7 Å². The molecule has 22 heavy (non-hydrogen) atoms. The molecule has 1 aliphatic rings. The Balaban J connectivity index is 2.18. The molecule has 1 aromatic heterocycles. The number of amides is 1. The summed E-state index contributed by atoms with van der Waals surface area (Å²) in [5.41, 5.74) is 0.213. The van der Waals surface area contributed by atoms with Crippen LogP contribution in [0.2, 0.25) is 0 Å². The smallest absolute Gasteiger partial charge is 0.410 e. The van der Waals surface area contributed by atoms with Crippen LogP contribution in [-0.2, 0) is 14.3 Å². The quantitative estimate of drug-likeness (QED) is 0.784. The summed E-state index contributed by atoms with van der Waals surface area (Å²) in [6.07, 6.45) is 1.26. The van der Waals surface area contributed by atoms with Crippen molar-refractivity contribution in [3.05, 3.63) is 30.1 Å². The first-order chi connectivity index (χ1) is 10.3. The second kappa shape index (κ2) is 6.34. The number of ether oxygens (including phenoxy) is 2. The van der Waals surface area contributed by atoms with Crippen molar-refractivity contribution in [2.75, 3.05) is 20.2 Å². The van der Waals surface area contributed by atoms with Crippen LogP contribution in [0.4, 0.5) is 4.79 Å². The number of hydrogen-bond acceptors (Lipinski definition) is 5. The summed E-state index contributed by atoms with van der Waals surface area (Å²) < 4.78 is 10.3. The summed E-state index contributed by atoms with van der Waals surface area (Å²) in [6, 6.07) is 5.54. The van der Waals surface area contributed by atoms with E-state index in [1.165, 1.54) is 7.11 Å². The van der Waals surface area contributed by atoms with Gasteiger partial charge in [-0.05, 0) is 32.9 Å². The lowest BCUT2D eigenvalue weighted by Crippen LogP contribution is -2.36. The Morgan fingerprint density at radius 2 is 2.00 bits per heavy atom. The molecule has 1 aromatic rings. The van der Waals surface area contributed by atoms with Crippen molar-refractivity contribution in [3.8, 4) is 0 Å². The standard InChI is InChI=1S/C16H22N2O4/c1-16(2,3)22-15(20)18-9-11(12(10-18)14(19)21-4)13-7-5-6-8-17-13/h5-8,11-12H,9-10H2,1-4H3/t11-,12-/m0/s1. The molecule has 0 saturated carbocycles. The fraction of sp³-hybridized carbons (Fsp3) is 0.562. The van der Waals surface area contributed by atoms with Gasteiger partial charge in [0.05, 0.1) is 13.0 Å². The van der Waals surface area contributed by atoms with Crippen molar-refractivity contribution in [1.29, 1.82) is 0 Å². The van der Waals surface area contributed by atoms with Gasteiger partial charge in [0.25, 0.3) is 0 Å². The fourth-order valence-corrected chi connectivity index (χ4v) is 2.56. The van der Waals surface area contributed by atoms with Crippen LogP contribution in [0.5, 0.6) is 0 Å². The van der Waals surface area contributed by atoms with Crippen LogP contribution >= 0.6 is 0 Å². The second-order valence-corrected chi connectivity index (χ2v) is 6.38. The highest BCUT2D eigenvalue weighted by molar-refractivity contribution is 5.77. The van der Waals surface area contributed by atoms with E-state index in [2.05, 4.69) is 4.98 Å². The third-order valence-electron chi connectivity index (χ3n) is 3.54. The number of carbonyl (C=O) groups excluding carboxylic acids is 2.